The number of fused-ring (bicyclic) bond motifs is 1. The van der Waals surface area contributed by atoms with Crippen LogP contribution < -0.4 is 0 Å². The zero-order chi connectivity index (χ0) is 25.2. The van der Waals surface area contributed by atoms with Crippen molar-refractivity contribution in [3.8, 4) is 11.3 Å². The first-order valence-electron chi connectivity index (χ1n) is 12.0. The van der Waals surface area contributed by atoms with E-state index in [9.17, 15) is 9.59 Å². The van der Waals surface area contributed by atoms with Crippen LogP contribution in [0.25, 0.3) is 22.2 Å². The van der Waals surface area contributed by atoms with Gasteiger partial charge in [-0.3, -0.25) is 9.59 Å². The van der Waals surface area contributed by atoms with E-state index in [0.29, 0.717) is 42.5 Å². The topological polar surface area (TPSA) is 45.6 Å². The molecule has 2 amide bonds. The predicted octanol–water partition coefficient (Wildman–Crippen LogP) is 5.96. The summed E-state index contributed by atoms with van der Waals surface area (Å²) in [5.74, 6) is -0.0268. The molecule has 5 nitrogen and oxygen atoms in total. The van der Waals surface area contributed by atoms with Crippen LogP contribution in [0, 0.1) is 0 Å². The Bertz CT molecular complexity index is 1410. The molecule has 0 aliphatic carbocycles. The number of hydrogen-bond donors (Lipinski definition) is 0. The van der Waals surface area contributed by atoms with Gasteiger partial charge in [-0.15, -0.1) is 0 Å². The zero-order valence-corrected chi connectivity index (χ0v) is 21.6. The maximum absolute atomic E-state index is 13.2. The van der Waals surface area contributed by atoms with E-state index in [1.54, 1.807) is 4.90 Å². The maximum atomic E-state index is 13.2. The normalized spacial score (nSPS) is 14.0. The summed E-state index contributed by atoms with van der Waals surface area (Å²) in [5.41, 5.74) is 5.29. The Hall–Kier alpha value is -3.28. The van der Waals surface area contributed by atoms with Gasteiger partial charge < -0.3 is 14.4 Å². The van der Waals surface area contributed by atoms with E-state index in [1.807, 2.05) is 84.7 Å². The summed E-state index contributed by atoms with van der Waals surface area (Å²) in [7, 11) is 2.02. The van der Waals surface area contributed by atoms with Crippen molar-refractivity contribution in [3.63, 3.8) is 0 Å². The van der Waals surface area contributed by atoms with Crippen LogP contribution in [-0.4, -0.2) is 45.8 Å². The average molecular weight is 520 g/mol. The van der Waals surface area contributed by atoms with Gasteiger partial charge in [-0.2, -0.15) is 0 Å². The monoisotopic (exact) mass is 519 g/mol. The zero-order valence-electron chi connectivity index (χ0n) is 20.1. The molecule has 184 valence electrons. The SMILES string of the molecule is Cn1c(-c2ccc(Cl)cc2)c(CCC(=O)N2CCN(Cc3ccccc3)C(=O)C2)c2cc(Cl)ccc21. The number of halogens is 2. The number of hydrogen-bond acceptors (Lipinski definition) is 2. The highest BCUT2D eigenvalue weighted by Gasteiger charge is 2.27. The molecule has 1 aliphatic rings. The van der Waals surface area contributed by atoms with Crippen LogP contribution in [0.15, 0.2) is 72.8 Å². The second-order valence-electron chi connectivity index (χ2n) is 9.17. The number of nitrogens with zero attached hydrogens (tertiary/aromatic N) is 3. The fourth-order valence-electron chi connectivity index (χ4n) is 5.00. The Morgan fingerprint density at radius 3 is 2.36 bits per heavy atom. The fourth-order valence-corrected chi connectivity index (χ4v) is 5.30. The lowest BCUT2D eigenvalue weighted by Crippen LogP contribution is -2.51. The lowest BCUT2D eigenvalue weighted by atomic mass is 10.0. The summed E-state index contributed by atoms with van der Waals surface area (Å²) in [5, 5.41) is 2.36. The van der Waals surface area contributed by atoms with Crippen molar-refractivity contribution >= 4 is 45.9 Å². The Morgan fingerprint density at radius 1 is 0.917 bits per heavy atom. The molecule has 1 aliphatic heterocycles. The Labute approximate surface area is 220 Å². The van der Waals surface area contributed by atoms with Gasteiger partial charge >= 0.3 is 0 Å². The lowest BCUT2D eigenvalue weighted by Gasteiger charge is -2.34. The first-order valence-corrected chi connectivity index (χ1v) is 12.8. The van der Waals surface area contributed by atoms with Gasteiger partial charge in [0.15, 0.2) is 0 Å². The number of aryl methyl sites for hydroxylation is 2. The largest absolute Gasteiger partial charge is 0.343 e. The van der Waals surface area contributed by atoms with Crippen molar-refractivity contribution in [1.82, 2.24) is 14.4 Å². The van der Waals surface area contributed by atoms with Crippen LogP contribution in [0.5, 0.6) is 0 Å². The molecule has 4 aromatic rings. The number of benzene rings is 3. The van der Waals surface area contributed by atoms with Gasteiger partial charge in [-0.05, 0) is 53.4 Å². The summed E-state index contributed by atoms with van der Waals surface area (Å²) < 4.78 is 2.14. The minimum absolute atomic E-state index is 0.0104. The highest BCUT2D eigenvalue weighted by molar-refractivity contribution is 6.31. The van der Waals surface area contributed by atoms with Gasteiger partial charge in [0.2, 0.25) is 11.8 Å². The molecule has 7 heteroatoms. The molecule has 0 N–H and O–H groups in total. The molecule has 36 heavy (non-hydrogen) atoms. The van der Waals surface area contributed by atoms with Crippen molar-refractivity contribution in [3.05, 3.63) is 94.0 Å². The number of carbonyl (C=O) groups excluding carboxylic acids is 2. The van der Waals surface area contributed by atoms with E-state index in [0.717, 1.165) is 33.3 Å². The van der Waals surface area contributed by atoms with E-state index in [2.05, 4.69) is 4.57 Å². The molecule has 3 aromatic carbocycles. The predicted molar refractivity (Wildman–Crippen MR) is 145 cm³/mol. The maximum Gasteiger partial charge on any atom is 0.242 e. The Morgan fingerprint density at radius 2 is 1.64 bits per heavy atom. The van der Waals surface area contributed by atoms with Crippen LogP contribution >= 0.6 is 23.2 Å². The lowest BCUT2D eigenvalue weighted by molar-refractivity contribution is -0.145. The van der Waals surface area contributed by atoms with Crippen molar-refractivity contribution in [2.45, 2.75) is 19.4 Å². The second-order valence-corrected chi connectivity index (χ2v) is 10.0. The minimum Gasteiger partial charge on any atom is -0.343 e. The molecular formula is C29H27Cl2N3O2. The van der Waals surface area contributed by atoms with Gasteiger partial charge in [0.05, 0.1) is 12.2 Å². The van der Waals surface area contributed by atoms with Crippen LogP contribution in [0.2, 0.25) is 10.0 Å². The van der Waals surface area contributed by atoms with Crippen LogP contribution in [0.1, 0.15) is 17.5 Å². The van der Waals surface area contributed by atoms with Crippen LogP contribution in [0.4, 0.5) is 0 Å². The third-order valence-corrected chi connectivity index (χ3v) is 7.35. The molecule has 0 unspecified atom stereocenters. The molecule has 1 saturated heterocycles. The minimum atomic E-state index is -0.0164. The second kappa shape index (κ2) is 10.4. The first-order chi connectivity index (χ1) is 17.4. The standard InChI is InChI=1S/C29H27Cl2N3O2/c1-32-26-13-11-23(31)17-25(26)24(29(32)21-7-9-22(30)10-8-21)12-14-27(35)34-16-15-33(28(36)19-34)18-20-5-3-2-4-6-20/h2-11,13,17H,12,14-16,18-19H2,1H3. The van der Waals surface area contributed by atoms with Crippen molar-refractivity contribution in [2.75, 3.05) is 19.6 Å². The summed E-state index contributed by atoms with van der Waals surface area (Å²) in [6.45, 7) is 1.78. The van der Waals surface area contributed by atoms with Gasteiger partial charge in [-0.1, -0.05) is 65.7 Å². The van der Waals surface area contributed by atoms with E-state index in [4.69, 9.17) is 23.2 Å². The Kier molecular flexibility index (Phi) is 7.04. The summed E-state index contributed by atoms with van der Waals surface area (Å²) >= 11 is 12.5. The van der Waals surface area contributed by atoms with E-state index < -0.39 is 0 Å². The molecular weight excluding hydrogens is 493 g/mol. The van der Waals surface area contributed by atoms with Gasteiger partial charge in [0, 0.05) is 54.1 Å². The fraction of sp³-hybridized carbons (Fsp3) is 0.241. The molecule has 0 bridgehead atoms. The third kappa shape index (κ3) is 4.99. The smallest absolute Gasteiger partial charge is 0.242 e. The Balaban J connectivity index is 1.33. The van der Waals surface area contributed by atoms with E-state index in [-0.39, 0.29) is 18.4 Å². The summed E-state index contributed by atoms with van der Waals surface area (Å²) in [6, 6.07) is 23.5. The van der Waals surface area contributed by atoms with Crippen molar-refractivity contribution < 1.29 is 9.59 Å². The number of carbonyl (C=O) groups is 2. The van der Waals surface area contributed by atoms with Gasteiger partial charge in [-0.25, -0.2) is 0 Å². The van der Waals surface area contributed by atoms with Crippen LogP contribution in [0.3, 0.4) is 0 Å². The molecule has 2 heterocycles. The first kappa shape index (κ1) is 24.4. The van der Waals surface area contributed by atoms with E-state index >= 15 is 0 Å². The molecule has 1 aromatic heterocycles. The summed E-state index contributed by atoms with van der Waals surface area (Å²) in [6.07, 6.45) is 0.866. The number of piperazine rings is 1. The molecule has 5 rings (SSSR count). The average Bonchev–Trinajstić information content (AvgIpc) is 3.15. The van der Waals surface area contributed by atoms with Gasteiger partial charge in [0.25, 0.3) is 0 Å². The number of aromatic nitrogens is 1. The molecule has 1 fully saturated rings. The van der Waals surface area contributed by atoms with Gasteiger partial charge in [0.1, 0.15) is 0 Å². The molecule has 0 atom stereocenters. The summed E-state index contributed by atoms with van der Waals surface area (Å²) in [4.78, 5) is 29.5. The van der Waals surface area contributed by atoms with E-state index in [1.165, 1.54) is 0 Å². The molecule has 0 radical (unpaired) electrons. The number of amides is 2. The quantitative estimate of drug-likeness (QED) is 0.315. The highest BCUT2D eigenvalue weighted by Crippen LogP contribution is 2.36. The molecule has 0 saturated carbocycles. The highest BCUT2D eigenvalue weighted by atomic mass is 35.5. The van der Waals surface area contributed by atoms with Crippen molar-refractivity contribution in [1.29, 1.82) is 0 Å². The third-order valence-electron chi connectivity index (χ3n) is 6.86. The molecule has 0 spiro atoms. The van der Waals surface area contributed by atoms with Crippen molar-refractivity contribution in [2.24, 2.45) is 7.05 Å². The number of rotatable bonds is 6. The van der Waals surface area contributed by atoms with Crippen LogP contribution in [-0.2, 0) is 29.6 Å².